The molecule has 0 spiro atoms. The van der Waals surface area contributed by atoms with E-state index < -0.39 is 0 Å². The van der Waals surface area contributed by atoms with Crippen molar-refractivity contribution in [2.45, 2.75) is 0 Å². The van der Waals surface area contributed by atoms with Crippen molar-refractivity contribution in [3.8, 4) is 0 Å². The predicted octanol–water partition coefficient (Wildman–Crippen LogP) is 1.94. The maximum absolute atomic E-state index is 5.82. The average molecular weight is 193 g/mol. The van der Waals surface area contributed by atoms with Gasteiger partial charge in [0.2, 0.25) is 0 Å². The lowest BCUT2D eigenvalue weighted by molar-refractivity contribution is 1.14. The number of hydrogen-bond donors (Lipinski definition) is 1. The van der Waals surface area contributed by atoms with Gasteiger partial charge in [-0.05, 0) is 12.1 Å². The molecule has 0 amide bonds. The first-order valence-electron chi connectivity index (χ1n) is 3.99. The zero-order valence-electron chi connectivity index (χ0n) is 7.61. The molecule has 0 saturated carbocycles. The van der Waals surface area contributed by atoms with E-state index in [1.165, 1.54) is 0 Å². The van der Waals surface area contributed by atoms with Crippen molar-refractivity contribution in [3.05, 3.63) is 17.6 Å². The SMILES string of the molecule is CN(C)c1ccc(N)c2scnc12. The highest BCUT2D eigenvalue weighted by Crippen LogP contribution is 2.31. The van der Waals surface area contributed by atoms with E-state index in [0.717, 1.165) is 21.6 Å². The molecule has 2 N–H and O–H groups in total. The van der Waals surface area contributed by atoms with Crippen molar-refractivity contribution >= 4 is 32.9 Å². The van der Waals surface area contributed by atoms with Crippen molar-refractivity contribution in [2.75, 3.05) is 24.7 Å². The van der Waals surface area contributed by atoms with Gasteiger partial charge >= 0.3 is 0 Å². The Morgan fingerprint density at radius 1 is 1.38 bits per heavy atom. The molecule has 0 aliphatic rings. The quantitative estimate of drug-likeness (QED) is 0.704. The molecule has 1 aromatic heterocycles. The van der Waals surface area contributed by atoms with Crippen LogP contribution >= 0.6 is 11.3 Å². The molecule has 1 aromatic carbocycles. The molecular weight excluding hydrogens is 182 g/mol. The van der Waals surface area contributed by atoms with Gasteiger partial charge in [0.15, 0.2) is 0 Å². The Labute approximate surface area is 80.8 Å². The minimum atomic E-state index is 0.808. The summed E-state index contributed by atoms with van der Waals surface area (Å²) in [4.78, 5) is 6.34. The fourth-order valence-electron chi connectivity index (χ4n) is 1.32. The molecule has 2 aromatic rings. The number of nitrogens with two attached hydrogens (primary N) is 1. The number of rotatable bonds is 1. The predicted molar refractivity (Wildman–Crippen MR) is 58.4 cm³/mol. The summed E-state index contributed by atoms with van der Waals surface area (Å²) in [6.07, 6.45) is 0. The van der Waals surface area contributed by atoms with E-state index in [-0.39, 0.29) is 0 Å². The monoisotopic (exact) mass is 193 g/mol. The third-order valence-electron chi connectivity index (χ3n) is 1.97. The van der Waals surface area contributed by atoms with Crippen LogP contribution < -0.4 is 10.6 Å². The van der Waals surface area contributed by atoms with E-state index in [2.05, 4.69) is 4.98 Å². The summed E-state index contributed by atoms with van der Waals surface area (Å²) in [5.74, 6) is 0. The van der Waals surface area contributed by atoms with Crippen LogP contribution in [0.25, 0.3) is 10.2 Å². The van der Waals surface area contributed by atoms with Gasteiger partial charge in [0.25, 0.3) is 0 Å². The van der Waals surface area contributed by atoms with E-state index in [4.69, 9.17) is 5.73 Å². The third-order valence-corrected chi connectivity index (χ3v) is 2.85. The number of aromatic nitrogens is 1. The van der Waals surface area contributed by atoms with Crippen LogP contribution in [0.3, 0.4) is 0 Å². The molecular formula is C9H11N3S. The van der Waals surface area contributed by atoms with Crippen molar-refractivity contribution in [3.63, 3.8) is 0 Å². The van der Waals surface area contributed by atoms with Gasteiger partial charge in [-0.15, -0.1) is 11.3 Å². The molecule has 4 heteroatoms. The number of nitrogen functional groups attached to an aromatic ring is 1. The highest BCUT2D eigenvalue weighted by molar-refractivity contribution is 7.17. The van der Waals surface area contributed by atoms with Gasteiger partial charge in [0.1, 0.15) is 5.52 Å². The molecule has 0 radical (unpaired) electrons. The first-order chi connectivity index (χ1) is 6.20. The van der Waals surface area contributed by atoms with Crippen molar-refractivity contribution in [2.24, 2.45) is 0 Å². The van der Waals surface area contributed by atoms with Gasteiger partial charge in [-0.2, -0.15) is 0 Å². The van der Waals surface area contributed by atoms with Crippen molar-refractivity contribution in [1.82, 2.24) is 4.98 Å². The second-order valence-corrected chi connectivity index (χ2v) is 3.95. The molecule has 0 saturated heterocycles. The molecule has 0 atom stereocenters. The highest BCUT2D eigenvalue weighted by Gasteiger charge is 2.07. The molecule has 13 heavy (non-hydrogen) atoms. The summed E-state index contributed by atoms with van der Waals surface area (Å²) in [7, 11) is 4.01. The normalized spacial score (nSPS) is 10.6. The fraction of sp³-hybridized carbons (Fsp3) is 0.222. The number of nitrogens with zero attached hydrogens (tertiary/aromatic N) is 2. The lowest BCUT2D eigenvalue weighted by Gasteiger charge is -2.13. The number of anilines is 2. The maximum Gasteiger partial charge on any atom is 0.107 e. The Balaban J connectivity index is 2.78. The molecule has 0 bridgehead atoms. The zero-order chi connectivity index (χ0) is 9.42. The molecule has 1 heterocycles. The number of benzene rings is 1. The Morgan fingerprint density at radius 2 is 2.15 bits per heavy atom. The number of fused-ring (bicyclic) bond motifs is 1. The zero-order valence-corrected chi connectivity index (χ0v) is 8.43. The van der Waals surface area contributed by atoms with Crippen LogP contribution in [0.4, 0.5) is 11.4 Å². The van der Waals surface area contributed by atoms with Crippen LogP contribution in [0.1, 0.15) is 0 Å². The van der Waals surface area contributed by atoms with Gasteiger partial charge in [-0.25, -0.2) is 4.98 Å². The first-order valence-corrected chi connectivity index (χ1v) is 4.87. The van der Waals surface area contributed by atoms with Crippen LogP contribution in [-0.2, 0) is 0 Å². The summed E-state index contributed by atoms with van der Waals surface area (Å²) in [6.45, 7) is 0. The maximum atomic E-state index is 5.82. The fourth-order valence-corrected chi connectivity index (χ4v) is 2.05. The Bertz CT molecular complexity index is 433. The van der Waals surface area contributed by atoms with Gasteiger partial charge < -0.3 is 10.6 Å². The summed E-state index contributed by atoms with van der Waals surface area (Å²) in [6, 6.07) is 3.92. The Morgan fingerprint density at radius 3 is 2.85 bits per heavy atom. The summed E-state index contributed by atoms with van der Waals surface area (Å²) >= 11 is 1.58. The van der Waals surface area contributed by atoms with Crippen LogP contribution in [0, 0.1) is 0 Å². The molecule has 0 aliphatic heterocycles. The second kappa shape index (κ2) is 2.88. The van der Waals surface area contributed by atoms with Gasteiger partial charge in [-0.3, -0.25) is 0 Å². The number of hydrogen-bond acceptors (Lipinski definition) is 4. The van der Waals surface area contributed by atoms with Crippen molar-refractivity contribution < 1.29 is 0 Å². The molecule has 0 fully saturated rings. The topological polar surface area (TPSA) is 42.1 Å². The Kier molecular flexibility index (Phi) is 1.84. The van der Waals surface area contributed by atoms with Crippen LogP contribution in [0.2, 0.25) is 0 Å². The largest absolute Gasteiger partial charge is 0.398 e. The lowest BCUT2D eigenvalue weighted by Crippen LogP contribution is -2.09. The smallest absolute Gasteiger partial charge is 0.107 e. The standard InChI is InChI=1S/C9H11N3S/c1-12(2)7-4-3-6(10)9-8(7)11-5-13-9/h3-5H,10H2,1-2H3. The third kappa shape index (κ3) is 1.23. The summed E-state index contributed by atoms with van der Waals surface area (Å²) in [5.41, 5.74) is 10.6. The van der Waals surface area contributed by atoms with Crippen LogP contribution in [0.15, 0.2) is 17.6 Å². The minimum Gasteiger partial charge on any atom is -0.398 e. The van der Waals surface area contributed by atoms with Crippen LogP contribution in [-0.4, -0.2) is 19.1 Å². The lowest BCUT2D eigenvalue weighted by atomic mass is 10.2. The van der Waals surface area contributed by atoms with Gasteiger partial charge in [0.05, 0.1) is 21.6 Å². The summed E-state index contributed by atoms with van der Waals surface area (Å²) < 4.78 is 1.08. The van der Waals surface area contributed by atoms with E-state index >= 15 is 0 Å². The van der Waals surface area contributed by atoms with Crippen molar-refractivity contribution in [1.29, 1.82) is 0 Å². The van der Waals surface area contributed by atoms with Gasteiger partial charge in [0, 0.05) is 14.1 Å². The molecule has 3 nitrogen and oxygen atoms in total. The average Bonchev–Trinajstić information content (AvgIpc) is 2.53. The van der Waals surface area contributed by atoms with E-state index in [1.54, 1.807) is 11.3 Å². The first kappa shape index (κ1) is 8.31. The molecule has 0 unspecified atom stereocenters. The molecule has 0 aliphatic carbocycles. The highest BCUT2D eigenvalue weighted by atomic mass is 32.1. The second-order valence-electron chi connectivity index (χ2n) is 3.10. The number of thiazole rings is 1. The van der Waals surface area contributed by atoms with E-state index in [9.17, 15) is 0 Å². The Hall–Kier alpha value is -1.29. The minimum absolute atomic E-state index is 0.808. The van der Waals surface area contributed by atoms with E-state index in [0.29, 0.717) is 0 Å². The molecule has 68 valence electrons. The van der Waals surface area contributed by atoms with Crippen LogP contribution in [0.5, 0.6) is 0 Å². The molecule has 2 rings (SSSR count). The van der Waals surface area contributed by atoms with Gasteiger partial charge in [-0.1, -0.05) is 0 Å². The summed E-state index contributed by atoms with van der Waals surface area (Å²) in [5, 5.41) is 0. The van der Waals surface area contributed by atoms with E-state index in [1.807, 2.05) is 36.6 Å².